The molecule has 17 heavy (non-hydrogen) atoms. The maximum absolute atomic E-state index is 11.1. The summed E-state index contributed by atoms with van der Waals surface area (Å²) >= 11 is 1.53. The number of hydrogen-bond donors (Lipinski definition) is 1. The number of carbonyl (C=O) groups is 1. The van der Waals surface area contributed by atoms with Gasteiger partial charge in [0, 0.05) is 18.4 Å². The number of thiazole rings is 1. The molecule has 0 radical (unpaired) electrons. The van der Waals surface area contributed by atoms with Crippen LogP contribution in [-0.2, 0) is 21.4 Å². The molecule has 0 aliphatic carbocycles. The summed E-state index contributed by atoms with van der Waals surface area (Å²) in [6.07, 6.45) is 3.27. The lowest BCUT2D eigenvalue weighted by molar-refractivity contribution is -0.142. The molecule has 2 rings (SSSR count). The van der Waals surface area contributed by atoms with E-state index in [1.165, 1.54) is 11.3 Å². The van der Waals surface area contributed by atoms with E-state index in [0.29, 0.717) is 5.69 Å². The molecule has 1 aliphatic heterocycles. The third-order valence-electron chi connectivity index (χ3n) is 3.15. The maximum atomic E-state index is 11.1. The van der Waals surface area contributed by atoms with Gasteiger partial charge in [0.1, 0.15) is 5.41 Å². The summed E-state index contributed by atoms with van der Waals surface area (Å²) in [6, 6.07) is 0. The van der Waals surface area contributed by atoms with Crippen LogP contribution in [0.5, 0.6) is 0 Å². The lowest BCUT2D eigenvalue weighted by Gasteiger charge is -2.15. The average Bonchev–Trinajstić information content (AvgIpc) is 2.89. The number of carboxylic acid groups (broad SMARTS) is 1. The Bertz CT molecular complexity index is 408. The van der Waals surface area contributed by atoms with Crippen LogP contribution in [0, 0.1) is 0 Å². The van der Waals surface area contributed by atoms with Gasteiger partial charge in [0.05, 0.1) is 16.8 Å². The smallest absolute Gasteiger partial charge is 0.315 e. The first kappa shape index (κ1) is 12.5. The van der Waals surface area contributed by atoms with Crippen LogP contribution in [0.25, 0.3) is 0 Å². The quantitative estimate of drug-likeness (QED) is 0.896. The van der Waals surface area contributed by atoms with Crippen molar-refractivity contribution < 1.29 is 14.6 Å². The van der Waals surface area contributed by atoms with Crippen molar-refractivity contribution >= 4 is 17.3 Å². The summed E-state index contributed by atoms with van der Waals surface area (Å²) in [5.41, 5.74) is -0.270. The molecule has 1 fully saturated rings. The van der Waals surface area contributed by atoms with E-state index in [4.69, 9.17) is 9.84 Å². The van der Waals surface area contributed by atoms with Crippen molar-refractivity contribution in [3.8, 4) is 0 Å². The van der Waals surface area contributed by atoms with E-state index in [1.54, 1.807) is 13.8 Å². The lowest BCUT2D eigenvalue weighted by atomic mass is 9.90. The number of carboxylic acids is 1. The maximum Gasteiger partial charge on any atom is 0.315 e. The fourth-order valence-corrected chi connectivity index (χ4v) is 2.83. The van der Waals surface area contributed by atoms with E-state index in [0.717, 1.165) is 30.9 Å². The number of rotatable bonds is 4. The lowest BCUT2D eigenvalue weighted by Crippen LogP contribution is -2.29. The Kier molecular flexibility index (Phi) is 3.49. The van der Waals surface area contributed by atoms with Crippen LogP contribution < -0.4 is 0 Å². The molecule has 1 atom stereocenters. The van der Waals surface area contributed by atoms with Gasteiger partial charge >= 0.3 is 5.97 Å². The second-order valence-corrected chi connectivity index (χ2v) is 5.84. The Balaban J connectivity index is 2.07. The van der Waals surface area contributed by atoms with Gasteiger partial charge in [0.15, 0.2) is 0 Å². The van der Waals surface area contributed by atoms with Crippen molar-refractivity contribution in [1.29, 1.82) is 0 Å². The van der Waals surface area contributed by atoms with Gasteiger partial charge in [-0.15, -0.1) is 11.3 Å². The van der Waals surface area contributed by atoms with Gasteiger partial charge in [-0.05, 0) is 26.7 Å². The molecule has 0 amide bonds. The number of aliphatic carboxylic acids is 1. The topological polar surface area (TPSA) is 59.4 Å². The Labute approximate surface area is 105 Å². The van der Waals surface area contributed by atoms with Gasteiger partial charge in [-0.25, -0.2) is 4.98 Å². The molecular formula is C12H17NO3S. The standard InChI is InChI=1S/C12H17NO3S/c1-12(2,11(14)15)9-7-17-10(13-9)6-8-4-3-5-16-8/h7-8H,3-6H2,1-2H3,(H,14,15). The van der Waals surface area contributed by atoms with Crippen molar-refractivity contribution in [2.45, 2.75) is 44.6 Å². The molecule has 5 heteroatoms. The molecule has 4 nitrogen and oxygen atoms in total. The van der Waals surface area contributed by atoms with Crippen LogP contribution >= 0.6 is 11.3 Å². The van der Waals surface area contributed by atoms with Crippen LogP contribution in [0.3, 0.4) is 0 Å². The highest BCUT2D eigenvalue weighted by atomic mass is 32.1. The fourth-order valence-electron chi connectivity index (χ4n) is 1.80. The molecule has 0 spiro atoms. The molecule has 1 saturated heterocycles. The SMILES string of the molecule is CC(C)(C(=O)O)c1csc(CC2CCCO2)n1. The van der Waals surface area contributed by atoms with E-state index in [1.807, 2.05) is 5.38 Å². The number of nitrogens with zero attached hydrogens (tertiary/aromatic N) is 1. The Morgan fingerprint density at radius 2 is 2.47 bits per heavy atom. The number of aromatic nitrogens is 1. The highest BCUT2D eigenvalue weighted by Gasteiger charge is 2.32. The average molecular weight is 255 g/mol. The minimum atomic E-state index is -0.911. The Morgan fingerprint density at radius 1 is 1.71 bits per heavy atom. The van der Waals surface area contributed by atoms with E-state index in [-0.39, 0.29) is 6.10 Å². The third kappa shape index (κ3) is 2.66. The van der Waals surface area contributed by atoms with E-state index >= 15 is 0 Å². The number of hydrogen-bond acceptors (Lipinski definition) is 4. The zero-order chi connectivity index (χ0) is 12.5. The molecule has 1 aliphatic rings. The molecule has 0 aromatic carbocycles. The second kappa shape index (κ2) is 4.74. The van der Waals surface area contributed by atoms with Crippen molar-refractivity contribution in [2.75, 3.05) is 6.61 Å². The molecule has 94 valence electrons. The first-order valence-corrected chi connectivity index (χ1v) is 6.68. The minimum Gasteiger partial charge on any atom is -0.481 e. The summed E-state index contributed by atoms with van der Waals surface area (Å²) < 4.78 is 5.55. The van der Waals surface area contributed by atoms with Crippen LogP contribution in [0.1, 0.15) is 37.4 Å². The zero-order valence-corrected chi connectivity index (χ0v) is 10.9. The summed E-state index contributed by atoms with van der Waals surface area (Å²) in [4.78, 5) is 15.5. The van der Waals surface area contributed by atoms with Gasteiger partial charge in [0.2, 0.25) is 0 Å². The van der Waals surface area contributed by atoms with E-state index in [2.05, 4.69) is 4.98 Å². The van der Waals surface area contributed by atoms with Gasteiger partial charge in [0.25, 0.3) is 0 Å². The van der Waals surface area contributed by atoms with Crippen LogP contribution in [0.15, 0.2) is 5.38 Å². The van der Waals surface area contributed by atoms with Crippen LogP contribution in [0.4, 0.5) is 0 Å². The molecular weight excluding hydrogens is 238 g/mol. The highest BCUT2D eigenvalue weighted by molar-refractivity contribution is 7.09. The third-order valence-corrected chi connectivity index (χ3v) is 4.02. The summed E-state index contributed by atoms with van der Waals surface area (Å²) in [5, 5.41) is 11.9. The molecule has 1 aromatic heterocycles. The predicted molar refractivity (Wildman–Crippen MR) is 65.5 cm³/mol. The van der Waals surface area contributed by atoms with Crippen molar-refractivity contribution in [3.63, 3.8) is 0 Å². The predicted octanol–water partition coefficient (Wildman–Crippen LogP) is 2.23. The van der Waals surface area contributed by atoms with Crippen molar-refractivity contribution in [1.82, 2.24) is 4.98 Å². The Hall–Kier alpha value is -0.940. The fraction of sp³-hybridized carbons (Fsp3) is 0.667. The van der Waals surface area contributed by atoms with Gasteiger partial charge in [-0.3, -0.25) is 4.79 Å². The van der Waals surface area contributed by atoms with Crippen molar-refractivity contribution in [3.05, 3.63) is 16.1 Å². The summed E-state index contributed by atoms with van der Waals surface area (Å²) in [7, 11) is 0. The van der Waals surface area contributed by atoms with E-state index in [9.17, 15) is 4.79 Å². The van der Waals surface area contributed by atoms with Gasteiger partial charge < -0.3 is 9.84 Å². The molecule has 1 N–H and O–H groups in total. The minimum absolute atomic E-state index is 0.266. The van der Waals surface area contributed by atoms with Crippen molar-refractivity contribution in [2.24, 2.45) is 0 Å². The molecule has 1 unspecified atom stereocenters. The first-order valence-electron chi connectivity index (χ1n) is 5.80. The zero-order valence-electron chi connectivity index (χ0n) is 10.1. The Morgan fingerprint density at radius 3 is 3.06 bits per heavy atom. The summed E-state index contributed by atoms with van der Waals surface area (Å²) in [5.74, 6) is -0.841. The molecule has 0 bridgehead atoms. The summed E-state index contributed by atoms with van der Waals surface area (Å²) in [6.45, 7) is 4.20. The van der Waals surface area contributed by atoms with Crippen LogP contribution in [0.2, 0.25) is 0 Å². The van der Waals surface area contributed by atoms with Gasteiger partial charge in [-0.1, -0.05) is 0 Å². The van der Waals surface area contributed by atoms with E-state index < -0.39 is 11.4 Å². The monoisotopic (exact) mass is 255 g/mol. The number of ether oxygens (including phenoxy) is 1. The second-order valence-electron chi connectivity index (χ2n) is 4.90. The normalized spacial score (nSPS) is 20.7. The molecule has 2 heterocycles. The first-order chi connectivity index (χ1) is 8.00. The van der Waals surface area contributed by atoms with Gasteiger partial charge in [-0.2, -0.15) is 0 Å². The van der Waals surface area contributed by atoms with Crippen LogP contribution in [-0.4, -0.2) is 28.8 Å². The highest BCUT2D eigenvalue weighted by Crippen LogP contribution is 2.27. The largest absolute Gasteiger partial charge is 0.481 e. The molecule has 0 saturated carbocycles. The molecule has 1 aromatic rings.